The largest absolute Gasteiger partial charge is 0.497 e. The van der Waals surface area contributed by atoms with Crippen LogP contribution in [0, 0.1) is 5.92 Å². The maximum Gasteiger partial charge on any atom is 0.253 e. The molecule has 1 amide bonds. The van der Waals surface area contributed by atoms with Gasteiger partial charge in [0, 0.05) is 48.4 Å². The van der Waals surface area contributed by atoms with Crippen LogP contribution in [0.15, 0.2) is 54.6 Å². The number of nitrogens with zero attached hydrogens (tertiary/aromatic N) is 3. The zero-order valence-electron chi connectivity index (χ0n) is 16.1. The molecule has 1 aliphatic heterocycles. The molecule has 0 radical (unpaired) electrons. The van der Waals surface area contributed by atoms with Crippen molar-refractivity contribution in [3.63, 3.8) is 0 Å². The number of carbonyl (C=O) groups is 1. The quantitative estimate of drug-likeness (QED) is 0.706. The summed E-state index contributed by atoms with van der Waals surface area (Å²) in [6, 6.07) is 17.7. The number of rotatable bonds is 3. The van der Waals surface area contributed by atoms with Gasteiger partial charge in [-0.05, 0) is 36.6 Å². The molecule has 2 aromatic carbocycles. The highest BCUT2D eigenvalue weighted by Gasteiger charge is 2.45. The second-order valence-corrected chi connectivity index (χ2v) is 7.71. The predicted molar refractivity (Wildman–Crippen MR) is 107 cm³/mol. The van der Waals surface area contributed by atoms with E-state index in [1.54, 1.807) is 7.11 Å². The van der Waals surface area contributed by atoms with Crippen molar-refractivity contribution in [2.24, 2.45) is 13.0 Å². The van der Waals surface area contributed by atoms with E-state index in [9.17, 15) is 4.79 Å². The van der Waals surface area contributed by atoms with Gasteiger partial charge in [0.25, 0.3) is 5.91 Å². The van der Waals surface area contributed by atoms with Gasteiger partial charge in [0.05, 0.1) is 12.8 Å². The van der Waals surface area contributed by atoms with Crippen molar-refractivity contribution in [3.8, 4) is 17.0 Å². The SMILES string of the molecule is COc1cccc(-c2nn(C)c3c2[C@H]2CN(C(=O)c4ccccc4)C[C@H]2C3)c1. The second-order valence-electron chi connectivity index (χ2n) is 7.71. The van der Waals surface area contributed by atoms with E-state index in [0.717, 1.165) is 42.1 Å². The van der Waals surface area contributed by atoms with Gasteiger partial charge in [-0.15, -0.1) is 0 Å². The van der Waals surface area contributed by atoms with E-state index in [2.05, 4.69) is 6.07 Å². The maximum atomic E-state index is 12.9. The first-order chi connectivity index (χ1) is 13.7. The molecule has 0 bridgehead atoms. The molecule has 1 saturated heterocycles. The molecule has 3 aromatic rings. The summed E-state index contributed by atoms with van der Waals surface area (Å²) in [5.41, 5.74) is 5.48. The fraction of sp³-hybridized carbons (Fsp3) is 0.304. The van der Waals surface area contributed by atoms with Crippen LogP contribution >= 0.6 is 0 Å². The molecule has 5 nitrogen and oxygen atoms in total. The minimum absolute atomic E-state index is 0.128. The Labute approximate surface area is 164 Å². The Bertz CT molecular complexity index is 1040. The Hall–Kier alpha value is -3.08. The number of hydrogen-bond donors (Lipinski definition) is 0. The number of fused-ring (bicyclic) bond motifs is 3. The zero-order valence-corrected chi connectivity index (χ0v) is 16.1. The van der Waals surface area contributed by atoms with E-state index < -0.39 is 0 Å². The van der Waals surface area contributed by atoms with Crippen molar-refractivity contribution in [1.29, 1.82) is 0 Å². The summed E-state index contributed by atoms with van der Waals surface area (Å²) in [6.07, 6.45) is 0.978. The van der Waals surface area contributed by atoms with Crippen molar-refractivity contribution in [1.82, 2.24) is 14.7 Å². The Morgan fingerprint density at radius 1 is 1.11 bits per heavy atom. The lowest BCUT2D eigenvalue weighted by Gasteiger charge is -2.17. The average Bonchev–Trinajstić information content (AvgIpc) is 3.39. The minimum Gasteiger partial charge on any atom is -0.497 e. The zero-order chi connectivity index (χ0) is 19.3. The first kappa shape index (κ1) is 17.0. The highest BCUT2D eigenvalue weighted by Crippen LogP contribution is 2.47. The predicted octanol–water partition coefficient (Wildman–Crippen LogP) is 3.51. The third kappa shape index (κ3) is 2.61. The molecule has 5 rings (SSSR count). The van der Waals surface area contributed by atoms with Crippen LogP contribution in [0.1, 0.15) is 27.5 Å². The number of methoxy groups -OCH3 is 1. The normalized spacial score (nSPS) is 20.1. The van der Waals surface area contributed by atoms with Gasteiger partial charge in [-0.1, -0.05) is 30.3 Å². The summed E-state index contributed by atoms with van der Waals surface area (Å²) in [5, 5.41) is 4.82. The Morgan fingerprint density at radius 2 is 1.93 bits per heavy atom. The number of carbonyl (C=O) groups excluding carboxylic acids is 1. The molecule has 0 saturated carbocycles. The summed E-state index contributed by atoms with van der Waals surface area (Å²) < 4.78 is 7.42. The summed E-state index contributed by atoms with van der Waals surface area (Å²) in [7, 11) is 3.71. The molecule has 2 atom stereocenters. The molecule has 1 aliphatic carbocycles. The number of aromatic nitrogens is 2. The lowest BCUT2D eigenvalue weighted by Crippen LogP contribution is -2.29. The number of amides is 1. The monoisotopic (exact) mass is 373 g/mol. The van der Waals surface area contributed by atoms with Crippen molar-refractivity contribution in [2.45, 2.75) is 12.3 Å². The van der Waals surface area contributed by atoms with Gasteiger partial charge in [0.15, 0.2) is 0 Å². The first-order valence-electron chi connectivity index (χ1n) is 9.70. The van der Waals surface area contributed by atoms with Gasteiger partial charge in [0.2, 0.25) is 0 Å². The van der Waals surface area contributed by atoms with Crippen LogP contribution in [-0.2, 0) is 13.5 Å². The Balaban J connectivity index is 1.48. The van der Waals surface area contributed by atoms with E-state index in [1.165, 1.54) is 11.3 Å². The van der Waals surface area contributed by atoms with Crippen molar-refractivity contribution >= 4 is 5.91 Å². The second kappa shape index (κ2) is 6.51. The minimum atomic E-state index is 0.128. The molecule has 2 aliphatic rings. The lowest BCUT2D eigenvalue weighted by atomic mass is 9.94. The maximum absolute atomic E-state index is 12.9. The van der Waals surface area contributed by atoms with E-state index in [0.29, 0.717) is 11.8 Å². The van der Waals surface area contributed by atoms with Crippen LogP contribution in [0.5, 0.6) is 5.75 Å². The molecule has 1 aromatic heterocycles. The summed E-state index contributed by atoms with van der Waals surface area (Å²) in [6.45, 7) is 1.57. The van der Waals surface area contributed by atoms with E-state index in [-0.39, 0.29) is 5.91 Å². The molecule has 2 heterocycles. The molecule has 142 valence electrons. The number of ether oxygens (including phenoxy) is 1. The standard InChI is InChI=1S/C23H23N3O2/c1-25-20-12-17-13-26(23(27)15-7-4-3-5-8-15)14-19(17)21(20)22(24-25)16-9-6-10-18(11-16)28-2/h3-11,17,19H,12-14H2,1-2H3/t17-,19+/m1/s1. The molecule has 0 spiro atoms. The number of hydrogen-bond acceptors (Lipinski definition) is 3. The van der Waals surface area contributed by atoms with Gasteiger partial charge in [-0.3, -0.25) is 9.48 Å². The fourth-order valence-electron chi connectivity index (χ4n) is 4.77. The smallest absolute Gasteiger partial charge is 0.253 e. The van der Waals surface area contributed by atoms with Gasteiger partial charge >= 0.3 is 0 Å². The van der Waals surface area contributed by atoms with Crippen LogP contribution in [0.4, 0.5) is 0 Å². The molecule has 5 heteroatoms. The number of aryl methyl sites for hydroxylation is 1. The van der Waals surface area contributed by atoms with Crippen LogP contribution in [-0.4, -0.2) is 40.8 Å². The highest BCUT2D eigenvalue weighted by atomic mass is 16.5. The Morgan fingerprint density at radius 3 is 2.71 bits per heavy atom. The van der Waals surface area contributed by atoms with E-state index >= 15 is 0 Å². The van der Waals surface area contributed by atoms with Crippen LogP contribution < -0.4 is 4.74 Å². The summed E-state index contributed by atoms with van der Waals surface area (Å²) in [4.78, 5) is 14.9. The van der Waals surface area contributed by atoms with Crippen molar-refractivity contribution in [2.75, 3.05) is 20.2 Å². The van der Waals surface area contributed by atoms with Gasteiger partial charge in [0.1, 0.15) is 5.75 Å². The van der Waals surface area contributed by atoms with Gasteiger partial charge in [-0.25, -0.2) is 0 Å². The van der Waals surface area contributed by atoms with Crippen molar-refractivity contribution < 1.29 is 9.53 Å². The first-order valence-corrected chi connectivity index (χ1v) is 9.70. The van der Waals surface area contributed by atoms with Gasteiger partial charge < -0.3 is 9.64 Å². The molecular weight excluding hydrogens is 350 g/mol. The van der Waals surface area contributed by atoms with Crippen LogP contribution in [0.2, 0.25) is 0 Å². The molecule has 0 unspecified atom stereocenters. The third-order valence-corrected chi connectivity index (χ3v) is 6.13. The topological polar surface area (TPSA) is 47.4 Å². The number of benzene rings is 2. The fourth-order valence-corrected chi connectivity index (χ4v) is 4.77. The number of likely N-dealkylation sites (tertiary alicyclic amines) is 1. The van der Waals surface area contributed by atoms with Gasteiger partial charge in [-0.2, -0.15) is 5.10 Å². The average molecular weight is 373 g/mol. The van der Waals surface area contributed by atoms with Crippen LogP contribution in [0.25, 0.3) is 11.3 Å². The lowest BCUT2D eigenvalue weighted by molar-refractivity contribution is 0.0785. The van der Waals surface area contributed by atoms with Crippen LogP contribution in [0.3, 0.4) is 0 Å². The Kier molecular flexibility index (Phi) is 3.97. The molecule has 28 heavy (non-hydrogen) atoms. The van der Waals surface area contributed by atoms with Crippen molar-refractivity contribution in [3.05, 3.63) is 71.4 Å². The van der Waals surface area contributed by atoms with E-state index in [1.807, 2.05) is 65.2 Å². The molecule has 1 fully saturated rings. The highest BCUT2D eigenvalue weighted by molar-refractivity contribution is 5.94. The van der Waals surface area contributed by atoms with E-state index in [4.69, 9.17) is 9.84 Å². The molecule has 0 N–H and O–H groups in total. The molecular formula is C23H23N3O2. The third-order valence-electron chi connectivity index (χ3n) is 6.13. The summed E-state index contributed by atoms with van der Waals surface area (Å²) in [5.74, 6) is 1.77. The summed E-state index contributed by atoms with van der Waals surface area (Å²) >= 11 is 0.